The maximum absolute atomic E-state index is 5.22. The van der Waals surface area contributed by atoms with E-state index in [2.05, 4.69) is 15.3 Å². The lowest BCUT2D eigenvalue weighted by molar-refractivity contribution is -0.385. The summed E-state index contributed by atoms with van der Waals surface area (Å²) in [7, 11) is 0. The summed E-state index contributed by atoms with van der Waals surface area (Å²) in [6.45, 7) is 2.67. The number of nitrogens with zero attached hydrogens (tertiary/aromatic N) is 1. The third-order valence-corrected chi connectivity index (χ3v) is 0.953. The minimum absolute atomic E-state index is 0.597. The molecule has 0 aromatic carbocycles. The van der Waals surface area contributed by atoms with Crippen molar-refractivity contribution >= 4 is 0 Å². The van der Waals surface area contributed by atoms with E-state index < -0.39 is 0 Å². The summed E-state index contributed by atoms with van der Waals surface area (Å²) >= 11 is 0. The van der Waals surface area contributed by atoms with Crippen molar-refractivity contribution < 1.29 is 9.88 Å². The van der Waals surface area contributed by atoms with Crippen molar-refractivity contribution in [3.05, 3.63) is 0 Å². The van der Waals surface area contributed by atoms with E-state index in [4.69, 9.17) is 5.73 Å². The highest BCUT2D eigenvalue weighted by molar-refractivity contribution is 4.42. The van der Waals surface area contributed by atoms with Crippen LogP contribution in [-0.4, -0.2) is 31.4 Å². The molecular formula is C4H11N3O2. The molecule has 1 aliphatic heterocycles. The van der Waals surface area contributed by atoms with Crippen molar-refractivity contribution in [1.29, 1.82) is 0 Å². The van der Waals surface area contributed by atoms with E-state index in [9.17, 15) is 0 Å². The van der Waals surface area contributed by atoms with Gasteiger partial charge in [0.25, 0.3) is 0 Å². The van der Waals surface area contributed by atoms with E-state index in [1.165, 1.54) is 5.17 Å². The number of hydroxylamine groups is 1. The van der Waals surface area contributed by atoms with Crippen LogP contribution in [0.25, 0.3) is 0 Å². The second-order valence-electron chi connectivity index (χ2n) is 1.70. The van der Waals surface area contributed by atoms with Gasteiger partial charge in [0.05, 0.1) is 6.54 Å². The minimum atomic E-state index is 0.597. The largest absolute Gasteiger partial charge is 0.329 e. The van der Waals surface area contributed by atoms with Gasteiger partial charge in [0.15, 0.2) is 0 Å². The molecule has 1 aliphatic rings. The maximum Gasteiger partial charge on any atom is 0.101 e. The van der Waals surface area contributed by atoms with Gasteiger partial charge in [-0.1, -0.05) is 5.17 Å². The molecular weight excluding hydrogens is 122 g/mol. The van der Waals surface area contributed by atoms with Crippen molar-refractivity contribution in [2.45, 2.75) is 0 Å². The molecule has 1 rings (SSSR count). The highest BCUT2D eigenvalue weighted by Gasteiger charge is 2.11. The van der Waals surface area contributed by atoms with Gasteiger partial charge in [-0.15, -0.1) is 4.99 Å². The number of nitrogens with two attached hydrogens (primary N) is 1. The van der Waals surface area contributed by atoms with Gasteiger partial charge < -0.3 is 5.73 Å². The Bertz CT molecular complexity index is 74.2. The van der Waals surface area contributed by atoms with Crippen LogP contribution in [0.4, 0.5) is 0 Å². The van der Waals surface area contributed by atoms with Gasteiger partial charge in [-0.25, -0.2) is 10.3 Å². The third kappa shape index (κ3) is 2.25. The first-order valence-corrected chi connectivity index (χ1v) is 2.94. The molecule has 1 saturated heterocycles. The molecule has 54 valence electrons. The monoisotopic (exact) mass is 133 g/mol. The number of hydrogen-bond acceptors (Lipinski definition) is 5. The molecule has 1 fully saturated rings. The molecule has 1 heterocycles. The van der Waals surface area contributed by atoms with E-state index in [0.29, 0.717) is 19.7 Å². The zero-order valence-electron chi connectivity index (χ0n) is 5.17. The Morgan fingerprint density at radius 1 is 1.67 bits per heavy atom. The molecule has 5 heteroatoms. The average molecular weight is 133 g/mol. The molecule has 0 aliphatic carbocycles. The van der Waals surface area contributed by atoms with Gasteiger partial charge in [-0.3, -0.25) is 0 Å². The molecule has 0 amide bonds. The molecule has 0 radical (unpaired) electrons. The quantitative estimate of drug-likeness (QED) is 0.465. The van der Waals surface area contributed by atoms with Crippen molar-refractivity contribution in [2.75, 3.05) is 26.2 Å². The van der Waals surface area contributed by atoms with Crippen LogP contribution in [0.3, 0.4) is 0 Å². The molecule has 0 bridgehead atoms. The summed E-state index contributed by atoms with van der Waals surface area (Å²) in [5, 5.41) is 1.52. The fraction of sp³-hybridized carbons (Fsp3) is 1.00. The molecule has 5 nitrogen and oxygen atoms in total. The first-order valence-electron chi connectivity index (χ1n) is 2.94. The molecule has 0 unspecified atom stereocenters. The van der Waals surface area contributed by atoms with Gasteiger partial charge in [-0.2, -0.15) is 0 Å². The topological polar surface area (TPSA) is 59.8 Å². The van der Waals surface area contributed by atoms with E-state index in [0.717, 1.165) is 6.54 Å². The van der Waals surface area contributed by atoms with Crippen LogP contribution in [0, 0.1) is 0 Å². The Morgan fingerprint density at radius 3 is 3.11 bits per heavy atom. The highest BCUT2D eigenvalue weighted by atomic mass is 17.3. The zero-order chi connectivity index (χ0) is 6.53. The van der Waals surface area contributed by atoms with Crippen molar-refractivity contribution in [3.63, 3.8) is 0 Å². The lowest BCUT2D eigenvalue weighted by Crippen LogP contribution is -2.37. The fourth-order valence-corrected chi connectivity index (χ4v) is 0.553. The van der Waals surface area contributed by atoms with E-state index in [1.807, 2.05) is 0 Å². The number of hydrazine groups is 1. The smallest absolute Gasteiger partial charge is 0.101 e. The van der Waals surface area contributed by atoms with E-state index >= 15 is 0 Å². The van der Waals surface area contributed by atoms with Gasteiger partial charge in [0.2, 0.25) is 0 Å². The summed E-state index contributed by atoms with van der Waals surface area (Å²) in [6, 6.07) is 0. The van der Waals surface area contributed by atoms with Gasteiger partial charge in [0.1, 0.15) is 6.61 Å². The Balaban J connectivity index is 1.98. The standard InChI is InChI=1S/C4H11N3O2/c5-1-2-6-7-3-4-8-9-7/h6H,1-5H2. The number of rotatable bonds is 3. The molecule has 3 N–H and O–H groups in total. The zero-order valence-corrected chi connectivity index (χ0v) is 5.17. The Hall–Kier alpha value is -0.200. The second-order valence-corrected chi connectivity index (χ2v) is 1.70. The van der Waals surface area contributed by atoms with Crippen molar-refractivity contribution in [3.8, 4) is 0 Å². The fourth-order valence-electron chi connectivity index (χ4n) is 0.553. The van der Waals surface area contributed by atoms with Gasteiger partial charge >= 0.3 is 0 Å². The summed E-state index contributed by atoms with van der Waals surface area (Å²) in [5.74, 6) is 0. The van der Waals surface area contributed by atoms with Crippen LogP contribution in [0.2, 0.25) is 0 Å². The van der Waals surface area contributed by atoms with Crippen molar-refractivity contribution in [1.82, 2.24) is 10.6 Å². The molecule has 0 saturated carbocycles. The van der Waals surface area contributed by atoms with E-state index in [1.54, 1.807) is 0 Å². The predicted molar refractivity (Wildman–Crippen MR) is 30.8 cm³/mol. The Labute approximate surface area is 53.6 Å². The van der Waals surface area contributed by atoms with Crippen LogP contribution < -0.4 is 11.2 Å². The van der Waals surface area contributed by atoms with Gasteiger partial charge in [0, 0.05) is 13.1 Å². The van der Waals surface area contributed by atoms with Crippen molar-refractivity contribution in [2.24, 2.45) is 5.73 Å². The lowest BCUT2D eigenvalue weighted by atomic mass is 10.7. The highest BCUT2D eigenvalue weighted by Crippen LogP contribution is 1.94. The molecule has 0 spiro atoms. The van der Waals surface area contributed by atoms with Crippen LogP contribution in [-0.2, 0) is 9.88 Å². The normalized spacial score (nSPS) is 21.0. The number of hydrogen-bond donors (Lipinski definition) is 2. The third-order valence-electron chi connectivity index (χ3n) is 0.953. The summed E-state index contributed by atoms with van der Waals surface area (Å²) in [6.07, 6.45) is 0. The first kappa shape index (κ1) is 6.91. The first-order chi connectivity index (χ1) is 4.43. The molecule has 0 atom stereocenters. The Morgan fingerprint density at radius 2 is 2.56 bits per heavy atom. The van der Waals surface area contributed by atoms with Gasteiger partial charge in [-0.05, 0) is 0 Å². The van der Waals surface area contributed by atoms with Crippen LogP contribution >= 0.6 is 0 Å². The summed E-state index contributed by atoms with van der Waals surface area (Å²) in [5.41, 5.74) is 8.11. The van der Waals surface area contributed by atoms with E-state index in [-0.39, 0.29) is 0 Å². The van der Waals surface area contributed by atoms with Crippen LogP contribution in [0.15, 0.2) is 0 Å². The predicted octanol–water partition coefficient (Wildman–Crippen LogP) is -1.37. The Kier molecular flexibility index (Phi) is 2.88. The lowest BCUT2D eigenvalue weighted by Gasteiger charge is -2.09. The number of nitrogens with one attached hydrogen (secondary N) is 1. The summed E-state index contributed by atoms with van der Waals surface area (Å²) in [4.78, 5) is 9.20. The minimum Gasteiger partial charge on any atom is -0.329 e. The average Bonchev–Trinajstić information content (AvgIpc) is 2.34. The maximum atomic E-state index is 5.22. The van der Waals surface area contributed by atoms with Crippen LogP contribution in [0.1, 0.15) is 0 Å². The molecule has 0 aromatic heterocycles. The SMILES string of the molecule is NCCNN1CCOO1. The molecule has 0 aromatic rings. The summed E-state index contributed by atoms with van der Waals surface area (Å²) < 4.78 is 0. The van der Waals surface area contributed by atoms with Crippen LogP contribution in [0.5, 0.6) is 0 Å². The second kappa shape index (κ2) is 3.76. The molecule has 9 heavy (non-hydrogen) atoms.